The summed E-state index contributed by atoms with van der Waals surface area (Å²) < 4.78 is 0. The summed E-state index contributed by atoms with van der Waals surface area (Å²) >= 11 is 0. The zero-order valence-electron chi connectivity index (χ0n) is 11.8. The van der Waals surface area contributed by atoms with Crippen molar-refractivity contribution in [2.45, 2.75) is 38.8 Å². The molecule has 1 aromatic carbocycles. The van der Waals surface area contributed by atoms with Crippen LogP contribution in [0.5, 0.6) is 0 Å². The number of carboxylic acids is 1. The number of rotatable bonds is 6. The summed E-state index contributed by atoms with van der Waals surface area (Å²) in [6.45, 7) is 3.70. The van der Waals surface area contributed by atoms with Crippen molar-refractivity contribution in [3.8, 4) is 0 Å². The SMILES string of the molecule is Cc1cccc(NC(=O)CN(C2CC2)C(C)C(=O)O)c1. The van der Waals surface area contributed by atoms with E-state index >= 15 is 0 Å². The molecule has 1 aliphatic carbocycles. The fourth-order valence-corrected chi connectivity index (χ4v) is 2.22. The van der Waals surface area contributed by atoms with Gasteiger partial charge in [0.15, 0.2) is 0 Å². The van der Waals surface area contributed by atoms with Gasteiger partial charge in [-0.05, 0) is 44.4 Å². The maximum Gasteiger partial charge on any atom is 0.320 e. The first-order valence-electron chi connectivity index (χ1n) is 6.82. The number of carbonyl (C=O) groups excluding carboxylic acids is 1. The van der Waals surface area contributed by atoms with Gasteiger partial charge in [0, 0.05) is 11.7 Å². The molecule has 0 aliphatic heterocycles. The zero-order valence-corrected chi connectivity index (χ0v) is 11.8. The molecular weight excluding hydrogens is 256 g/mol. The van der Waals surface area contributed by atoms with Crippen LogP contribution in [0.1, 0.15) is 25.3 Å². The second-order valence-electron chi connectivity index (χ2n) is 5.34. The maximum absolute atomic E-state index is 12.0. The molecule has 1 unspecified atom stereocenters. The van der Waals surface area contributed by atoms with E-state index in [-0.39, 0.29) is 18.5 Å². The number of benzene rings is 1. The quantitative estimate of drug-likeness (QED) is 0.832. The molecule has 5 nitrogen and oxygen atoms in total. The monoisotopic (exact) mass is 276 g/mol. The van der Waals surface area contributed by atoms with E-state index in [0.29, 0.717) is 0 Å². The summed E-state index contributed by atoms with van der Waals surface area (Å²) in [5, 5.41) is 11.9. The van der Waals surface area contributed by atoms with Crippen LogP contribution in [0, 0.1) is 6.92 Å². The van der Waals surface area contributed by atoms with Gasteiger partial charge in [0.25, 0.3) is 0 Å². The van der Waals surface area contributed by atoms with Crippen molar-refractivity contribution in [1.82, 2.24) is 4.90 Å². The molecule has 1 saturated carbocycles. The molecule has 0 heterocycles. The number of anilines is 1. The fraction of sp³-hybridized carbons (Fsp3) is 0.467. The Hall–Kier alpha value is -1.88. The molecule has 1 aliphatic rings. The number of carbonyl (C=O) groups is 2. The number of nitrogens with one attached hydrogen (secondary N) is 1. The van der Waals surface area contributed by atoms with E-state index in [9.17, 15) is 9.59 Å². The predicted molar refractivity (Wildman–Crippen MR) is 76.6 cm³/mol. The minimum atomic E-state index is -0.889. The van der Waals surface area contributed by atoms with Gasteiger partial charge in [0.1, 0.15) is 6.04 Å². The van der Waals surface area contributed by atoms with Crippen LogP contribution in [0.2, 0.25) is 0 Å². The minimum Gasteiger partial charge on any atom is -0.480 e. The molecule has 0 radical (unpaired) electrons. The lowest BCUT2D eigenvalue weighted by Crippen LogP contribution is -2.44. The van der Waals surface area contributed by atoms with E-state index in [4.69, 9.17) is 5.11 Å². The minimum absolute atomic E-state index is 0.117. The Kier molecular flexibility index (Phi) is 4.39. The lowest BCUT2D eigenvalue weighted by atomic mass is 10.2. The molecule has 2 N–H and O–H groups in total. The third-order valence-electron chi connectivity index (χ3n) is 3.50. The number of hydrogen-bond donors (Lipinski definition) is 2. The second kappa shape index (κ2) is 6.05. The summed E-state index contributed by atoms with van der Waals surface area (Å²) in [6, 6.07) is 7.14. The van der Waals surface area contributed by atoms with Crippen molar-refractivity contribution < 1.29 is 14.7 Å². The third-order valence-corrected chi connectivity index (χ3v) is 3.50. The van der Waals surface area contributed by atoms with Crippen LogP contribution in [0.15, 0.2) is 24.3 Å². The van der Waals surface area contributed by atoms with E-state index < -0.39 is 12.0 Å². The van der Waals surface area contributed by atoms with Gasteiger partial charge in [-0.2, -0.15) is 0 Å². The van der Waals surface area contributed by atoms with Crippen LogP contribution >= 0.6 is 0 Å². The van der Waals surface area contributed by atoms with E-state index in [2.05, 4.69) is 5.32 Å². The van der Waals surface area contributed by atoms with E-state index in [1.54, 1.807) is 11.8 Å². The molecular formula is C15H20N2O3. The number of aryl methyl sites for hydroxylation is 1. The highest BCUT2D eigenvalue weighted by Crippen LogP contribution is 2.28. The Bertz CT molecular complexity index is 512. The van der Waals surface area contributed by atoms with Crippen molar-refractivity contribution in [2.24, 2.45) is 0 Å². The Morgan fingerprint density at radius 2 is 2.15 bits per heavy atom. The summed E-state index contributed by atoms with van der Waals surface area (Å²) in [6.07, 6.45) is 1.94. The van der Waals surface area contributed by atoms with Gasteiger partial charge in [-0.15, -0.1) is 0 Å². The molecule has 0 saturated heterocycles. The highest BCUT2D eigenvalue weighted by Gasteiger charge is 2.36. The second-order valence-corrected chi connectivity index (χ2v) is 5.34. The molecule has 1 atom stereocenters. The molecule has 108 valence electrons. The molecule has 1 amide bonds. The van der Waals surface area contributed by atoms with Gasteiger partial charge in [-0.25, -0.2) is 0 Å². The Morgan fingerprint density at radius 1 is 1.45 bits per heavy atom. The number of hydrogen-bond acceptors (Lipinski definition) is 3. The Morgan fingerprint density at radius 3 is 2.70 bits per heavy atom. The largest absolute Gasteiger partial charge is 0.480 e. The Labute approximate surface area is 118 Å². The summed E-state index contributed by atoms with van der Waals surface area (Å²) in [4.78, 5) is 24.9. The number of nitrogens with zero attached hydrogens (tertiary/aromatic N) is 1. The molecule has 5 heteroatoms. The number of amides is 1. The summed E-state index contributed by atoms with van der Waals surface area (Å²) in [5.41, 5.74) is 1.81. The van der Waals surface area contributed by atoms with Gasteiger partial charge in [0.05, 0.1) is 6.54 Å². The highest BCUT2D eigenvalue weighted by atomic mass is 16.4. The first kappa shape index (κ1) is 14.5. The normalized spacial score (nSPS) is 15.9. The van der Waals surface area contributed by atoms with Crippen LogP contribution in [0.25, 0.3) is 0 Å². The van der Waals surface area contributed by atoms with E-state index in [1.165, 1.54) is 0 Å². The molecule has 2 rings (SSSR count). The van der Waals surface area contributed by atoms with Crippen LogP contribution in [0.3, 0.4) is 0 Å². The zero-order chi connectivity index (χ0) is 14.7. The molecule has 1 aromatic rings. The third kappa shape index (κ3) is 3.81. The number of carboxylic acid groups (broad SMARTS) is 1. The summed E-state index contributed by atoms with van der Waals surface area (Å²) in [7, 11) is 0. The van der Waals surface area contributed by atoms with Crippen LogP contribution in [0.4, 0.5) is 5.69 Å². The molecule has 0 aromatic heterocycles. The average Bonchev–Trinajstić information content (AvgIpc) is 3.19. The lowest BCUT2D eigenvalue weighted by Gasteiger charge is -2.25. The molecule has 0 spiro atoms. The van der Waals surface area contributed by atoms with Crippen LogP contribution < -0.4 is 5.32 Å². The van der Waals surface area contributed by atoms with E-state index in [1.807, 2.05) is 31.2 Å². The van der Waals surface area contributed by atoms with E-state index in [0.717, 1.165) is 24.1 Å². The Balaban J connectivity index is 1.96. The van der Waals surface area contributed by atoms with Crippen molar-refractivity contribution in [3.05, 3.63) is 29.8 Å². The van der Waals surface area contributed by atoms with Gasteiger partial charge in [0.2, 0.25) is 5.91 Å². The van der Waals surface area contributed by atoms with Gasteiger partial charge < -0.3 is 10.4 Å². The summed E-state index contributed by atoms with van der Waals surface area (Å²) in [5.74, 6) is -1.06. The van der Waals surface area contributed by atoms with Gasteiger partial charge in [-0.1, -0.05) is 12.1 Å². The number of aliphatic carboxylic acids is 1. The molecule has 0 bridgehead atoms. The fourth-order valence-electron chi connectivity index (χ4n) is 2.22. The smallest absolute Gasteiger partial charge is 0.320 e. The lowest BCUT2D eigenvalue weighted by molar-refractivity contribution is -0.143. The maximum atomic E-state index is 12.0. The standard InChI is InChI=1S/C15H20N2O3/c1-10-4-3-5-12(8-10)16-14(18)9-17(13-6-7-13)11(2)15(19)20/h3-5,8,11,13H,6-7,9H2,1-2H3,(H,16,18)(H,19,20). The topological polar surface area (TPSA) is 69.6 Å². The van der Waals surface area contributed by atoms with Crippen molar-refractivity contribution >= 4 is 17.6 Å². The highest BCUT2D eigenvalue weighted by molar-refractivity contribution is 5.92. The van der Waals surface area contributed by atoms with Crippen LogP contribution in [-0.4, -0.2) is 40.5 Å². The van der Waals surface area contributed by atoms with Crippen molar-refractivity contribution in [1.29, 1.82) is 0 Å². The first-order chi connectivity index (χ1) is 9.47. The van der Waals surface area contributed by atoms with Crippen molar-refractivity contribution in [2.75, 3.05) is 11.9 Å². The molecule has 20 heavy (non-hydrogen) atoms. The van der Waals surface area contributed by atoms with Gasteiger partial charge >= 0.3 is 5.97 Å². The van der Waals surface area contributed by atoms with Crippen molar-refractivity contribution in [3.63, 3.8) is 0 Å². The first-order valence-corrected chi connectivity index (χ1v) is 6.82. The molecule has 1 fully saturated rings. The predicted octanol–water partition coefficient (Wildman–Crippen LogP) is 1.87. The van der Waals surface area contributed by atoms with Gasteiger partial charge in [-0.3, -0.25) is 14.5 Å². The average molecular weight is 276 g/mol. The van der Waals surface area contributed by atoms with Crippen LogP contribution in [-0.2, 0) is 9.59 Å².